The van der Waals surface area contributed by atoms with Crippen LogP contribution in [0.15, 0.2) is 48.6 Å². The average Bonchev–Trinajstić information content (AvgIpc) is 2.88. The minimum Gasteiger partial charge on any atom is -0.756 e. The number of phosphoric ester groups is 1. The van der Waals surface area contributed by atoms with Gasteiger partial charge in [0.1, 0.15) is 19.8 Å². The van der Waals surface area contributed by atoms with Gasteiger partial charge in [-0.1, -0.05) is 74.8 Å². The molecule has 42 heavy (non-hydrogen) atoms. The first-order valence-corrected chi connectivity index (χ1v) is 16.0. The average molecular weight is 618 g/mol. The van der Waals surface area contributed by atoms with Crippen LogP contribution in [0.25, 0.3) is 0 Å². The molecular weight excluding hydrogens is 565 g/mol. The van der Waals surface area contributed by atoms with Crippen LogP contribution in [-0.2, 0) is 32.7 Å². The van der Waals surface area contributed by atoms with E-state index in [0.29, 0.717) is 30.3 Å². The third kappa shape index (κ3) is 26.8. The molecule has 12 heteroatoms. The van der Waals surface area contributed by atoms with Gasteiger partial charge in [-0.25, -0.2) is 0 Å². The number of carbonyl (C=O) groups is 2. The van der Waals surface area contributed by atoms with E-state index in [1.54, 1.807) is 18.2 Å². The van der Waals surface area contributed by atoms with Gasteiger partial charge in [-0.15, -0.1) is 0 Å². The first-order chi connectivity index (χ1) is 19.7. The molecule has 242 valence electrons. The van der Waals surface area contributed by atoms with Crippen LogP contribution in [0.2, 0.25) is 0 Å². The zero-order chi connectivity index (χ0) is 31.9. The topological polar surface area (TPSA) is 152 Å². The van der Waals surface area contributed by atoms with Crippen molar-refractivity contribution < 1.29 is 52.3 Å². The Balaban J connectivity index is 4.40. The number of aliphatic hydroxyl groups excluding tert-OH is 2. The van der Waals surface area contributed by atoms with Crippen LogP contribution in [0.3, 0.4) is 0 Å². The largest absolute Gasteiger partial charge is 0.756 e. The number of nitrogens with zero attached hydrogens (tertiary/aromatic N) is 1. The fourth-order valence-corrected chi connectivity index (χ4v) is 3.97. The van der Waals surface area contributed by atoms with Gasteiger partial charge in [0.25, 0.3) is 7.82 Å². The predicted octanol–water partition coefficient (Wildman–Crippen LogP) is 3.76. The van der Waals surface area contributed by atoms with Gasteiger partial charge in [0, 0.05) is 13.3 Å². The number of quaternary nitrogens is 1. The molecule has 0 aromatic rings. The smallest absolute Gasteiger partial charge is 0.306 e. The minimum absolute atomic E-state index is 0.0298. The number of phosphoric acid groups is 1. The van der Waals surface area contributed by atoms with Crippen molar-refractivity contribution in [2.75, 3.05) is 47.5 Å². The zero-order valence-electron chi connectivity index (χ0n) is 25.9. The normalized spacial score (nSPS) is 16.3. The lowest BCUT2D eigenvalue weighted by molar-refractivity contribution is -0.870. The zero-order valence-corrected chi connectivity index (χ0v) is 26.8. The lowest BCUT2D eigenvalue weighted by Gasteiger charge is -2.28. The highest BCUT2D eigenvalue weighted by Gasteiger charge is 2.21. The van der Waals surface area contributed by atoms with Gasteiger partial charge in [-0.3, -0.25) is 14.2 Å². The first-order valence-electron chi connectivity index (χ1n) is 14.5. The predicted molar refractivity (Wildman–Crippen MR) is 160 cm³/mol. The van der Waals surface area contributed by atoms with Gasteiger partial charge in [0.2, 0.25) is 0 Å². The van der Waals surface area contributed by atoms with Crippen LogP contribution in [-0.4, -0.2) is 92.5 Å². The summed E-state index contributed by atoms with van der Waals surface area (Å²) in [6.45, 7) is 2.72. The van der Waals surface area contributed by atoms with E-state index in [4.69, 9.17) is 18.5 Å². The molecule has 1 unspecified atom stereocenters. The molecule has 0 heterocycles. The second-order valence-corrected chi connectivity index (χ2v) is 12.3. The Morgan fingerprint density at radius 1 is 0.905 bits per heavy atom. The van der Waals surface area contributed by atoms with E-state index >= 15 is 0 Å². The maximum atomic E-state index is 12.3. The quantitative estimate of drug-likeness (QED) is 0.0539. The molecule has 0 amide bonds. The Kier molecular flexibility index (Phi) is 22.2. The van der Waals surface area contributed by atoms with Crippen LogP contribution in [0.1, 0.15) is 65.2 Å². The highest BCUT2D eigenvalue weighted by Crippen LogP contribution is 2.38. The van der Waals surface area contributed by atoms with Crippen LogP contribution < -0.4 is 4.89 Å². The van der Waals surface area contributed by atoms with Crippen molar-refractivity contribution in [1.82, 2.24) is 0 Å². The Hall–Kier alpha value is -2.11. The highest BCUT2D eigenvalue weighted by molar-refractivity contribution is 7.45. The highest BCUT2D eigenvalue weighted by atomic mass is 31.2. The second-order valence-electron chi connectivity index (χ2n) is 10.9. The summed E-state index contributed by atoms with van der Waals surface area (Å²) in [6.07, 6.45) is 17.6. The van der Waals surface area contributed by atoms with E-state index in [-0.39, 0.29) is 19.6 Å². The van der Waals surface area contributed by atoms with E-state index in [9.17, 15) is 29.3 Å². The molecular formula is C30H52NO10P. The maximum absolute atomic E-state index is 12.3. The molecule has 0 fully saturated rings. The molecule has 0 radical (unpaired) electrons. The number of rotatable bonds is 24. The molecule has 0 saturated heterocycles. The third-order valence-corrected chi connectivity index (χ3v) is 6.58. The summed E-state index contributed by atoms with van der Waals surface area (Å²) in [5.41, 5.74) is 0. The second kappa shape index (κ2) is 23.4. The Labute approximate surface area is 251 Å². The third-order valence-electron chi connectivity index (χ3n) is 5.62. The van der Waals surface area contributed by atoms with Gasteiger partial charge in [-0.2, -0.15) is 0 Å². The molecule has 2 N–H and O–H groups in total. The van der Waals surface area contributed by atoms with Crippen molar-refractivity contribution in [3.63, 3.8) is 0 Å². The summed E-state index contributed by atoms with van der Waals surface area (Å²) in [6, 6.07) is 0. The fraction of sp³-hybridized carbons (Fsp3) is 0.667. The molecule has 0 aromatic carbocycles. The molecule has 0 saturated carbocycles. The molecule has 0 aromatic heterocycles. The van der Waals surface area contributed by atoms with Crippen molar-refractivity contribution in [1.29, 1.82) is 0 Å². The molecule has 11 nitrogen and oxygen atoms in total. The van der Waals surface area contributed by atoms with Gasteiger partial charge < -0.3 is 38.1 Å². The number of unbranched alkanes of at least 4 members (excludes halogenated alkanes) is 2. The van der Waals surface area contributed by atoms with E-state index in [2.05, 4.69) is 6.92 Å². The van der Waals surface area contributed by atoms with Crippen LogP contribution in [0, 0.1) is 0 Å². The number of carbonyl (C=O) groups excluding carboxylic acids is 2. The maximum Gasteiger partial charge on any atom is 0.306 e. The summed E-state index contributed by atoms with van der Waals surface area (Å²) in [5, 5.41) is 19.9. The number of ether oxygens (including phenoxy) is 2. The van der Waals surface area contributed by atoms with Crippen molar-refractivity contribution in [3.05, 3.63) is 48.6 Å². The van der Waals surface area contributed by atoms with Crippen molar-refractivity contribution in [2.24, 2.45) is 0 Å². The lowest BCUT2D eigenvalue weighted by atomic mass is 10.1. The number of esters is 2. The van der Waals surface area contributed by atoms with E-state index in [0.717, 1.165) is 25.7 Å². The van der Waals surface area contributed by atoms with E-state index < -0.39 is 44.7 Å². The van der Waals surface area contributed by atoms with Crippen molar-refractivity contribution in [2.45, 2.75) is 83.5 Å². The number of aliphatic hydroxyl groups is 2. The van der Waals surface area contributed by atoms with Crippen molar-refractivity contribution >= 4 is 19.8 Å². The molecule has 0 spiro atoms. The number of likely N-dealkylation sites (N-methyl/N-ethyl adjacent to an activating group) is 1. The Bertz CT molecular complexity index is 910. The Morgan fingerprint density at radius 3 is 2.05 bits per heavy atom. The fourth-order valence-electron chi connectivity index (χ4n) is 3.24. The molecule has 0 bridgehead atoms. The molecule has 0 aliphatic rings. The molecule has 0 rings (SSSR count). The number of hydrogen-bond acceptors (Lipinski definition) is 10. The molecule has 0 aliphatic carbocycles. The Morgan fingerprint density at radius 2 is 1.50 bits per heavy atom. The van der Waals surface area contributed by atoms with Crippen LogP contribution in [0.5, 0.6) is 0 Å². The van der Waals surface area contributed by atoms with Gasteiger partial charge in [0.05, 0.1) is 40.0 Å². The summed E-state index contributed by atoms with van der Waals surface area (Å²) >= 11 is 0. The summed E-state index contributed by atoms with van der Waals surface area (Å²) < 4.78 is 32.2. The summed E-state index contributed by atoms with van der Waals surface area (Å²) in [5.74, 6) is -1.27. The van der Waals surface area contributed by atoms with E-state index in [1.165, 1.54) is 6.92 Å². The number of allylic oxidation sites excluding steroid dienone is 6. The first kappa shape index (κ1) is 39.9. The lowest BCUT2D eigenvalue weighted by Crippen LogP contribution is -2.37. The van der Waals surface area contributed by atoms with Crippen molar-refractivity contribution in [3.8, 4) is 0 Å². The van der Waals surface area contributed by atoms with Gasteiger partial charge >= 0.3 is 11.9 Å². The monoisotopic (exact) mass is 617 g/mol. The molecule has 0 aliphatic heterocycles. The summed E-state index contributed by atoms with van der Waals surface area (Å²) in [7, 11) is 0.997. The van der Waals surface area contributed by atoms with Gasteiger partial charge in [-0.05, 0) is 25.7 Å². The van der Waals surface area contributed by atoms with Crippen LogP contribution in [0.4, 0.5) is 0 Å². The minimum atomic E-state index is -4.64. The van der Waals surface area contributed by atoms with Crippen LogP contribution >= 0.6 is 7.82 Å². The van der Waals surface area contributed by atoms with E-state index in [1.807, 2.05) is 51.5 Å². The summed E-state index contributed by atoms with van der Waals surface area (Å²) in [4.78, 5) is 35.4. The SMILES string of the molecule is CCCCC[C@@H](O)/C=C/C=C\C/C=C\C=C\[C@@H](O)CCCC(=O)O[C@H](COC(C)=O)COP(=O)([O-])OCC[N+](C)(C)C. The van der Waals surface area contributed by atoms with Gasteiger partial charge in [0.15, 0.2) is 6.10 Å². The standard InChI is InChI=1S/C30H52NO10P/c1-6-7-13-17-27(33)18-14-11-9-8-10-12-15-19-28(34)20-16-21-30(35)41-29(24-38-26(2)32)25-40-42(36,37)39-23-22-31(3,4)5/h9-12,14-15,18-19,27-29,33-34H,6-8,13,16-17,20-25H2,1-5H3/b11-9-,12-10-,18-14+,19-15+/t27-,28-,29-/m1/s1. The molecule has 4 atom stereocenters. The number of hydrogen-bond donors (Lipinski definition) is 2.